The van der Waals surface area contributed by atoms with E-state index >= 15 is 0 Å². The monoisotopic (exact) mass is 513 g/mol. The van der Waals surface area contributed by atoms with Gasteiger partial charge in [-0.25, -0.2) is 4.90 Å². The number of halogens is 3. The number of benzene rings is 3. The van der Waals surface area contributed by atoms with Crippen molar-refractivity contribution >= 4 is 69.6 Å². The number of anilines is 3. The predicted octanol–water partition coefficient (Wildman–Crippen LogP) is 6.24. The average Bonchev–Trinajstić information content (AvgIpc) is 3.04. The Bertz CT molecular complexity index is 1320. The van der Waals surface area contributed by atoms with E-state index in [0.29, 0.717) is 22.0 Å². The lowest BCUT2D eigenvalue weighted by molar-refractivity contribution is -0.120. The number of carbonyl (C=O) groups excluding carboxylic acids is 3. The number of imide groups is 1. The van der Waals surface area contributed by atoms with Crippen LogP contribution in [-0.2, 0) is 16.0 Å². The van der Waals surface area contributed by atoms with Crippen LogP contribution in [0.4, 0.5) is 17.1 Å². The standard InChI is InChI=1S/C25H18Cl3N3O3/c1-2-14-3-8-18(9-4-14)30-23(32)15-5-10-17(11-6-15)29-22-21(28)24(33)31(25(22)34)20-13-16(26)7-12-19(20)27/h3-13,29H,2H2,1H3,(H,30,32). The number of nitrogens with zero attached hydrogens (tertiary/aromatic N) is 1. The molecule has 9 heteroatoms. The van der Waals surface area contributed by atoms with Crippen molar-refractivity contribution in [2.75, 3.05) is 15.5 Å². The molecule has 0 aromatic heterocycles. The van der Waals surface area contributed by atoms with E-state index < -0.39 is 11.8 Å². The molecule has 172 valence electrons. The molecule has 34 heavy (non-hydrogen) atoms. The first-order valence-electron chi connectivity index (χ1n) is 10.3. The minimum atomic E-state index is -0.719. The van der Waals surface area contributed by atoms with Gasteiger partial charge in [-0.2, -0.15) is 0 Å². The fraction of sp³-hybridized carbons (Fsp3) is 0.0800. The van der Waals surface area contributed by atoms with E-state index in [1.54, 1.807) is 30.3 Å². The van der Waals surface area contributed by atoms with Crippen LogP contribution >= 0.6 is 34.8 Å². The Morgan fingerprint density at radius 2 is 1.50 bits per heavy atom. The summed E-state index contributed by atoms with van der Waals surface area (Å²) in [6, 6.07) is 18.5. The number of hydrogen-bond acceptors (Lipinski definition) is 4. The van der Waals surface area contributed by atoms with Crippen molar-refractivity contribution in [3.8, 4) is 0 Å². The molecular formula is C25H18Cl3N3O3. The van der Waals surface area contributed by atoms with Gasteiger partial charge in [-0.1, -0.05) is 53.9 Å². The molecule has 0 unspecified atom stereocenters. The molecule has 4 rings (SSSR count). The van der Waals surface area contributed by atoms with Crippen LogP contribution in [0.2, 0.25) is 10.0 Å². The Kier molecular flexibility index (Phi) is 6.93. The van der Waals surface area contributed by atoms with Gasteiger partial charge >= 0.3 is 0 Å². The maximum Gasteiger partial charge on any atom is 0.283 e. The van der Waals surface area contributed by atoms with E-state index in [1.807, 2.05) is 24.3 Å². The lowest BCUT2D eigenvalue weighted by atomic mass is 10.1. The van der Waals surface area contributed by atoms with E-state index in [0.717, 1.165) is 11.3 Å². The highest BCUT2D eigenvalue weighted by molar-refractivity contribution is 6.54. The Morgan fingerprint density at radius 1 is 0.853 bits per heavy atom. The molecule has 3 aromatic carbocycles. The van der Waals surface area contributed by atoms with E-state index in [2.05, 4.69) is 17.6 Å². The largest absolute Gasteiger partial charge is 0.350 e. The number of hydrogen-bond donors (Lipinski definition) is 2. The first kappa shape index (κ1) is 23.8. The van der Waals surface area contributed by atoms with Crippen LogP contribution in [0.25, 0.3) is 0 Å². The van der Waals surface area contributed by atoms with Crippen molar-refractivity contribution < 1.29 is 14.4 Å². The molecule has 1 aliphatic heterocycles. The highest BCUT2D eigenvalue weighted by Crippen LogP contribution is 2.35. The zero-order valence-electron chi connectivity index (χ0n) is 17.9. The predicted molar refractivity (Wildman–Crippen MR) is 136 cm³/mol. The summed E-state index contributed by atoms with van der Waals surface area (Å²) in [5.41, 5.74) is 2.80. The number of nitrogens with one attached hydrogen (secondary N) is 2. The van der Waals surface area contributed by atoms with Crippen LogP contribution in [0.15, 0.2) is 77.5 Å². The minimum absolute atomic E-state index is 0.101. The number of rotatable bonds is 6. The molecule has 3 amide bonds. The van der Waals surface area contributed by atoms with Gasteiger partial charge in [0.1, 0.15) is 10.7 Å². The smallest absolute Gasteiger partial charge is 0.283 e. The third kappa shape index (κ3) is 4.80. The highest BCUT2D eigenvalue weighted by atomic mass is 35.5. The number of carbonyl (C=O) groups is 3. The molecule has 1 heterocycles. The second kappa shape index (κ2) is 9.89. The zero-order valence-corrected chi connectivity index (χ0v) is 20.1. The summed E-state index contributed by atoms with van der Waals surface area (Å²) in [6.07, 6.45) is 0.918. The molecule has 0 aliphatic carbocycles. The molecule has 0 atom stereocenters. The van der Waals surface area contributed by atoms with Crippen LogP contribution in [0, 0.1) is 0 Å². The van der Waals surface area contributed by atoms with Crippen LogP contribution < -0.4 is 15.5 Å². The van der Waals surface area contributed by atoms with Crippen molar-refractivity contribution in [3.63, 3.8) is 0 Å². The maximum atomic E-state index is 13.0. The first-order chi connectivity index (χ1) is 16.3. The lowest BCUT2D eigenvalue weighted by Crippen LogP contribution is -2.32. The van der Waals surface area contributed by atoms with Gasteiger partial charge in [0.15, 0.2) is 0 Å². The zero-order chi connectivity index (χ0) is 24.4. The fourth-order valence-corrected chi connectivity index (χ4v) is 3.94. The van der Waals surface area contributed by atoms with E-state index in [4.69, 9.17) is 34.8 Å². The first-order valence-corrected chi connectivity index (χ1v) is 11.4. The minimum Gasteiger partial charge on any atom is -0.350 e. The third-order valence-electron chi connectivity index (χ3n) is 5.21. The molecule has 0 fully saturated rings. The Labute approximate surface area is 211 Å². The molecule has 2 N–H and O–H groups in total. The Hall–Kier alpha value is -3.32. The molecule has 6 nitrogen and oxygen atoms in total. The second-order valence-corrected chi connectivity index (χ2v) is 8.66. The topological polar surface area (TPSA) is 78.5 Å². The van der Waals surface area contributed by atoms with Gasteiger partial charge in [0.25, 0.3) is 17.7 Å². The van der Waals surface area contributed by atoms with Gasteiger partial charge in [0, 0.05) is 22.0 Å². The van der Waals surface area contributed by atoms with Gasteiger partial charge in [0.2, 0.25) is 0 Å². The highest BCUT2D eigenvalue weighted by Gasteiger charge is 2.40. The van der Waals surface area contributed by atoms with Crippen molar-refractivity contribution in [2.45, 2.75) is 13.3 Å². The number of amides is 3. The van der Waals surface area contributed by atoms with Gasteiger partial charge in [0.05, 0.1) is 10.7 Å². The van der Waals surface area contributed by atoms with E-state index in [9.17, 15) is 14.4 Å². The summed E-state index contributed by atoms with van der Waals surface area (Å²) in [7, 11) is 0. The molecular weight excluding hydrogens is 497 g/mol. The van der Waals surface area contributed by atoms with Gasteiger partial charge in [-0.05, 0) is 66.6 Å². The van der Waals surface area contributed by atoms with Crippen LogP contribution in [0.1, 0.15) is 22.8 Å². The Balaban J connectivity index is 1.48. The summed E-state index contributed by atoms with van der Waals surface area (Å²) >= 11 is 18.3. The summed E-state index contributed by atoms with van der Waals surface area (Å²) in [6.45, 7) is 2.06. The third-order valence-corrected chi connectivity index (χ3v) is 6.12. The molecule has 0 saturated carbocycles. The molecule has 1 aliphatic rings. The van der Waals surface area contributed by atoms with Crippen LogP contribution in [-0.4, -0.2) is 17.7 Å². The van der Waals surface area contributed by atoms with Gasteiger partial charge in [-0.15, -0.1) is 0 Å². The van der Waals surface area contributed by atoms with Crippen molar-refractivity contribution in [1.29, 1.82) is 0 Å². The summed E-state index contributed by atoms with van der Waals surface area (Å²) in [5.74, 6) is -1.66. The molecule has 0 saturated heterocycles. The molecule has 3 aromatic rings. The molecule has 0 radical (unpaired) electrons. The fourth-order valence-electron chi connectivity index (χ4n) is 3.36. The Morgan fingerprint density at radius 3 is 2.15 bits per heavy atom. The van der Waals surface area contributed by atoms with E-state index in [1.165, 1.54) is 17.7 Å². The molecule has 0 bridgehead atoms. The van der Waals surface area contributed by atoms with Crippen molar-refractivity contribution in [3.05, 3.63) is 98.6 Å². The maximum absolute atomic E-state index is 13.0. The molecule has 0 spiro atoms. The quantitative estimate of drug-likeness (QED) is 0.382. The summed E-state index contributed by atoms with van der Waals surface area (Å²) in [4.78, 5) is 39.0. The van der Waals surface area contributed by atoms with Gasteiger partial charge < -0.3 is 10.6 Å². The lowest BCUT2D eigenvalue weighted by Gasteiger charge is -2.17. The van der Waals surface area contributed by atoms with Crippen LogP contribution in [0.3, 0.4) is 0 Å². The number of aryl methyl sites for hydroxylation is 1. The summed E-state index contributed by atoms with van der Waals surface area (Å²) in [5, 5.41) is 5.91. The van der Waals surface area contributed by atoms with Crippen LogP contribution in [0.5, 0.6) is 0 Å². The normalized spacial score (nSPS) is 13.5. The average molecular weight is 515 g/mol. The summed E-state index contributed by atoms with van der Waals surface area (Å²) < 4.78 is 0. The SMILES string of the molecule is CCc1ccc(NC(=O)c2ccc(NC3=C(Cl)C(=O)N(c4cc(Cl)ccc4Cl)C3=O)cc2)cc1. The van der Waals surface area contributed by atoms with Crippen molar-refractivity contribution in [1.82, 2.24) is 0 Å². The van der Waals surface area contributed by atoms with Gasteiger partial charge in [-0.3, -0.25) is 14.4 Å². The second-order valence-electron chi connectivity index (χ2n) is 7.44. The van der Waals surface area contributed by atoms with Crippen molar-refractivity contribution in [2.24, 2.45) is 0 Å². The van der Waals surface area contributed by atoms with E-state index in [-0.39, 0.29) is 27.3 Å².